The molecule has 2 aromatic rings. The van der Waals surface area contributed by atoms with Gasteiger partial charge in [-0.25, -0.2) is 0 Å². The second kappa shape index (κ2) is 14.1. The van der Waals surface area contributed by atoms with E-state index in [9.17, 15) is 0 Å². The van der Waals surface area contributed by atoms with Gasteiger partial charge in [0.1, 0.15) is 0 Å². The van der Waals surface area contributed by atoms with Gasteiger partial charge in [-0.1, -0.05) is 72.8 Å². The van der Waals surface area contributed by atoms with E-state index in [2.05, 4.69) is 59.3 Å². The summed E-state index contributed by atoms with van der Waals surface area (Å²) in [5, 5.41) is 8.50. The van der Waals surface area contributed by atoms with Gasteiger partial charge in [-0.2, -0.15) is 0 Å². The van der Waals surface area contributed by atoms with Crippen molar-refractivity contribution in [2.75, 3.05) is 0 Å². The molecule has 0 heterocycles. The molecule has 4 rings (SSSR count). The summed E-state index contributed by atoms with van der Waals surface area (Å²) in [7, 11) is 0.662. The zero-order valence-electron chi connectivity index (χ0n) is 16.3. The van der Waals surface area contributed by atoms with Gasteiger partial charge in [-0.05, 0) is 56.2 Å². The zero-order valence-corrected chi connectivity index (χ0v) is 17.0. The topological polar surface area (TPSA) is 29.5 Å². The van der Waals surface area contributed by atoms with Gasteiger partial charge < -0.3 is 9.68 Å². The number of hydrogen-bond acceptors (Lipinski definition) is 2. The van der Waals surface area contributed by atoms with Crippen LogP contribution in [0.3, 0.4) is 0 Å². The van der Waals surface area contributed by atoms with Crippen LogP contribution in [-0.2, 0) is 0 Å². The van der Waals surface area contributed by atoms with Crippen molar-refractivity contribution >= 4 is 19.3 Å². The third-order valence-electron chi connectivity index (χ3n) is 4.61. The molecule has 0 saturated heterocycles. The molecule has 1 unspecified atom stereocenters. The van der Waals surface area contributed by atoms with Crippen LogP contribution in [0.4, 0.5) is 0 Å². The van der Waals surface area contributed by atoms with Crippen molar-refractivity contribution in [2.45, 2.75) is 49.8 Å². The lowest BCUT2D eigenvalue weighted by Crippen LogP contribution is -1.98. The monoisotopic (exact) mass is 395 g/mol. The number of allylic oxidation sites excluding steroid dienone is 4. The Kier molecular flexibility index (Phi) is 11.2. The highest BCUT2D eigenvalue weighted by Gasteiger charge is 2.09. The molecular formula is C24H29BClO2. The van der Waals surface area contributed by atoms with Crippen LogP contribution in [0.15, 0.2) is 85.0 Å². The van der Waals surface area contributed by atoms with Crippen molar-refractivity contribution in [3.05, 3.63) is 90.5 Å². The van der Waals surface area contributed by atoms with Gasteiger partial charge in [0.15, 0.2) is 0 Å². The molecule has 0 fully saturated rings. The van der Waals surface area contributed by atoms with Crippen molar-refractivity contribution in [3.63, 3.8) is 0 Å². The average molecular weight is 396 g/mol. The first kappa shape index (κ1) is 22.3. The van der Waals surface area contributed by atoms with Crippen LogP contribution in [-0.4, -0.2) is 18.1 Å². The SMILES string of the molecule is C1=C[C@@H](c2ccccc2)CCC1.ClC1C=CCCC1.O[B]Oc1ccccc1. The normalized spacial score (nSPS) is 20.1. The molecule has 0 aromatic heterocycles. The molecule has 4 heteroatoms. The summed E-state index contributed by atoms with van der Waals surface area (Å²) in [6.45, 7) is 0. The molecule has 2 nitrogen and oxygen atoms in total. The lowest BCUT2D eigenvalue weighted by atomic mass is 9.89. The summed E-state index contributed by atoms with van der Waals surface area (Å²) in [4.78, 5) is 0. The molecule has 1 N–H and O–H groups in total. The van der Waals surface area contributed by atoms with E-state index in [1.165, 1.54) is 37.7 Å². The smallest absolute Gasteiger partial charge is 0.537 e. The predicted molar refractivity (Wildman–Crippen MR) is 120 cm³/mol. The van der Waals surface area contributed by atoms with Crippen LogP contribution in [0.5, 0.6) is 5.75 Å². The lowest BCUT2D eigenvalue weighted by molar-refractivity contribution is 0.454. The van der Waals surface area contributed by atoms with Crippen LogP contribution in [0.2, 0.25) is 0 Å². The molecule has 28 heavy (non-hydrogen) atoms. The lowest BCUT2D eigenvalue weighted by Gasteiger charge is -2.16. The summed E-state index contributed by atoms with van der Waals surface area (Å²) in [5.74, 6) is 1.32. The minimum atomic E-state index is 0.328. The molecule has 2 aromatic carbocycles. The first-order valence-corrected chi connectivity index (χ1v) is 10.4. The Morgan fingerprint density at radius 1 is 0.821 bits per heavy atom. The summed E-state index contributed by atoms with van der Waals surface area (Å²) in [6.07, 6.45) is 16.5. The van der Waals surface area contributed by atoms with E-state index in [4.69, 9.17) is 16.6 Å². The molecule has 2 atom stereocenters. The Labute approximate surface area is 175 Å². The Morgan fingerprint density at radius 3 is 1.89 bits per heavy atom. The van der Waals surface area contributed by atoms with E-state index in [1.54, 1.807) is 12.1 Å². The maximum Gasteiger partial charge on any atom is 0.569 e. The second-order valence-electron chi connectivity index (χ2n) is 6.79. The first-order valence-electron chi connectivity index (χ1n) is 9.99. The predicted octanol–water partition coefficient (Wildman–Crippen LogP) is 6.44. The van der Waals surface area contributed by atoms with Gasteiger partial charge in [0.25, 0.3) is 0 Å². The molecule has 0 aliphatic heterocycles. The number of benzene rings is 2. The summed E-state index contributed by atoms with van der Waals surface area (Å²) >= 11 is 5.73. The van der Waals surface area contributed by atoms with E-state index >= 15 is 0 Å². The zero-order chi connectivity index (χ0) is 19.9. The number of halogens is 1. The molecule has 2 aliphatic carbocycles. The summed E-state index contributed by atoms with van der Waals surface area (Å²) in [5.41, 5.74) is 1.47. The van der Waals surface area contributed by atoms with Crippen LogP contribution < -0.4 is 4.65 Å². The molecule has 0 bridgehead atoms. The minimum Gasteiger partial charge on any atom is -0.537 e. The molecule has 0 spiro atoms. The quantitative estimate of drug-likeness (QED) is 0.368. The highest BCUT2D eigenvalue weighted by atomic mass is 35.5. The number of alkyl halides is 1. The van der Waals surface area contributed by atoms with Crippen LogP contribution >= 0.6 is 11.6 Å². The third kappa shape index (κ3) is 9.30. The summed E-state index contributed by atoms with van der Waals surface area (Å²) in [6, 6.07) is 19.8. The Balaban J connectivity index is 0.000000157. The fraction of sp³-hybridized carbons (Fsp3) is 0.333. The van der Waals surface area contributed by atoms with Gasteiger partial charge in [-0.15, -0.1) is 11.6 Å². The Hall–Kier alpha value is -1.97. The molecule has 1 radical (unpaired) electrons. The van der Waals surface area contributed by atoms with Crippen molar-refractivity contribution in [3.8, 4) is 5.75 Å². The van der Waals surface area contributed by atoms with Crippen molar-refractivity contribution in [1.29, 1.82) is 0 Å². The van der Waals surface area contributed by atoms with Crippen molar-refractivity contribution in [2.24, 2.45) is 0 Å². The van der Waals surface area contributed by atoms with Gasteiger partial charge in [0.2, 0.25) is 0 Å². The van der Waals surface area contributed by atoms with Crippen molar-refractivity contribution < 1.29 is 9.68 Å². The first-order chi connectivity index (χ1) is 13.8. The van der Waals surface area contributed by atoms with E-state index in [1.807, 2.05) is 18.2 Å². The maximum atomic E-state index is 8.17. The van der Waals surface area contributed by atoms with Gasteiger partial charge in [-0.3, -0.25) is 0 Å². The fourth-order valence-corrected chi connectivity index (χ4v) is 3.38. The molecule has 0 saturated carbocycles. The molecule has 0 amide bonds. The molecule has 147 valence electrons. The van der Waals surface area contributed by atoms with Crippen LogP contribution in [0.25, 0.3) is 0 Å². The largest absolute Gasteiger partial charge is 0.569 e. The highest BCUT2D eigenvalue weighted by Crippen LogP contribution is 2.26. The second-order valence-corrected chi connectivity index (χ2v) is 7.35. The maximum absolute atomic E-state index is 8.17. The standard InChI is InChI=1S/C12H14.C6H6BO2.C6H9Cl/c1-3-7-11(8-4-1)12-9-5-2-6-10-12;8-7-9-6-4-2-1-3-5-6;7-6-4-2-1-3-5-6/h1,3-5,7-9,12H,2,6,10H2;1-5,8H;2,4,6H,1,3,5H2/t12-;;/m1../s1. The number of rotatable bonds is 3. The highest BCUT2D eigenvalue weighted by molar-refractivity contribution is 6.21. The van der Waals surface area contributed by atoms with E-state index < -0.39 is 0 Å². The Bertz CT molecular complexity index is 688. The average Bonchev–Trinajstić information content (AvgIpc) is 2.77. The van der Waals surface area contributed by atoms with Gasteiger partial charge >= 0.3 is 7.69 Å². The van der Waals surface area contributed by atoms with Crippen LogP contribution in [0, 0.1) is 0 Å². The van der Waals surface area contributed by atoms with Crippen molar-refractivity contribution in [1.82, 2.24) is 0 Å². The van der Waals surface area contributed by atoms with Crippen LogP contribution in [0.1, 0.15) is 50.0 Å². The third-order valence-corrected chi connectivity index (χ3v) is 4.97. The Morgan fingerprint density at radius 2 is 1.43 bits per heavy atom. The summed E-state index contributed by atoms with van der Waals surface area (Å²) < 4.78 is 4.64. The number of hydrogen-bond donors (Lipinski definition) is 1. The number of para-hydroxylation sites is 1. The molecular weight excluding hydrogens is 367 g/mol. The van der Waals surface area contributed by atoms with Gasteiger partial charge in [0, 0.05) is 5.92 Å². The minimum absolute atomic E-state index is 0.328. The fourth-order valence-electron chi connectivity index (χ4n) is 3.12. The van der Waals surface area contributed by atoms with E-state index in [0.717, 1.165) is 6.42 Å². The van der Waals surface area contributed by atoms with E-state index in [0.29, 0.717) is 24.7 Å². The van der Waals surface area contributed by atoms with E-state index in [-0.39, 0.29) is 0 Å². The van der Waals surface area contributed by atoms with Gasteiger partial charge in [0.05, 0.1) is 11.1 Å². The molecule has 2 aliphatic rings.